The normalized spacial score (nSPS) is 28.1. The van der Waals surface area contributed by atoms with Crippen LogP contribution in [0.4, 0.5) is 0 Å². The van der Waals surface area contributed by atoms with E-state index in [9.17, 15) is 0 Å². The van der Waals surface area contributed by atoms with Gasteiger partial charge in [0.1, 0.15) is 0 Å². The third-order valence-electron chi connectivity index (χ3n) is 2.65. The van der Waals surface area contributed by atoms with Gasteiger partial charge in [-0.3, -0.25) is 0 Å². The summed E-state index contributed by atoms with van der Waals surface area (Å²) >= 11 is 0. The monoisotopic (exact) mass is 193 g/mol. The Bertz CT molecular complexity index is 117. The molecule has 0 amide bonds. The van der Waals surface area contributed by atoms with Crippen LogP contribution in [0.5, 0.6) is 0 Å². The summed E-state index contributed by atoms with van der Waals surface area (Å²) in [5.74, 6) is 0.992. The first-order valence-electron chi connectivity index (χ1n) is 4.34. The summed E-state index contributed by atoms with van der Waals surface area (Å²) in [5, 5.41) is 0. The Labute approximate surface area is 77.2 Å². The number of halogens is 1. The summed E-state index contributed by atoms with van der Waals surface area (Å²) in [6, 6.07) is 3.07. The minimum Gasteiger partial charge on any atom is -0.330 e. The van der Waals surface area contributed by atoms with Gasteiger partial charge >= 0.3 is 0 Å². The fourth-order valence-corrected chi connectivity index (χ4v) is 5.43. The maximum atomic E-state index is 5.51. The van der Waals surface area contributed by atoms with Crippen molar-refractivity contribution in [2.75, 3.05) is 6.54 Å². The second-order valence-electron chi connectivity index (χ2n) is 4.35. The lowest BCUT2D eigenvalue weighted by atomic mass is 10.1. The molecule has 1 heterocycles. The van der Waals surface area contributed by atoms with Gasteiger partial charge in [-0.2, -0.15) is 0 Å². The largest absolute Gasteiger partial charge is 0.330 e. The summed E-state index contributed by atoms with van der Waals surface area (Å²) < 4.78 is 0. The lowest BCUT2D eigenvalue weighted by molar-refractivity contribution is 0.546. The lowest BCUT2D eigenvalue weighted by Crippen LogP contribution is -2.20. The van der Waals surface area contributed by atoms with E-state index in [0.29, 0.717) is 0 Å². The second-order valence-corrected chi connectivity index (χ2v) is 9.59. The predicted molar refractivity (Wildman–Crippen MR) is 56.1 cm³/mol. The Balaban J connectivity index is 0.000001000. The molecule has 1 rings (SSSR count). The zero-order valence-corrected chi connectivity index (χ0v) is 9.41. The van der Waals surface area contributed by atoms with Gasteiger partial charge in [0.05, 0.1) is 0 Å². The van der Waals surface area contributed by atoms with Crippen LogP contribution in [0.1, 0.15) is 12.8 Å². The van der Waals surface area contributed by atoms with Crippen LogP contribution >= 0.6 is 12.4 Å². The van der Waals surface area contributed by atoms with Crippen molar-refractivity contribution in [3.05, 3.63) is 0 Å². The van der Waals surface area contributed by atoms with Crippen LogP contribution < -0.4 is 5.73 Å². The van der Waals surface area contributed by atoms with E-state index >= 15 is 0 Å². The average molecular weight is 194 g/mol. The van der Waals surface area contributed by atoms with Crippen molar-refractivity contribution in [3.63, 3.8) is 0 Å². The Morgan fingerprint density at radius 2 is 2.09 bits per heavy atom. The molecule has 0 radical (unpaired) electrons. The van der Waals surface area contributed by atoms with E-state index in [1.165, 1.54) is 24.9 Å². The molecule has 0 bridgehead atoms. The SMILES string of the molecule is C[Si]1(C)CCC(CCN)C1.Cl. The second kappa shape index (κ2) is 4.48. The minimum absolute atomic E-state index is 0. The van der Waals surface area contributed by atoms with E-state index in [2.05, 4.69) is 13.1 Å². The molecule has 2 N–H and O–H groups in total. The molecule has 0 aromatic carbocycles. The maximum Gasteiger partial charge on any atom is 0.0476 e. The highest BCUT2D eigenvalue weighted by Crippen LogP contribution is 2.36. The molecular formula is C8H20ClNSi. The van der Waals surface area contributed by atoms with Gasteiger partial charge in [0, 0.05) is 8.07 Å². The number of rotatable bonds is 2. The van der Waals surface area contributed by atoms with Crippen molar-refractivity contribution in [2.45, 2.75) is 38.0 Å². The molecule has 11 heavy (non-hydrogen) atoms. The third kappa shape index (κ3) is 3.59. The van der Waals surface area contributed by atoms with Gasteiger partial charge in [0.25, 0.3) is 0 Å². The van der Waals surface area contributed by atoms with Crippen LogP contribution in [-0.2, 0) is 0 Å². The Hall–Kier alpha value is 0.467. The molecule has 1 unspecified atom stereocenters. The molecule has 1 nitrogen and oxygen atoms in total. The van der Waals surface area contributed by atoms with Crippen LogP contribution in [0.25, 0.3) is 0 Å². The number of nitrogens with two attached hydrogens (primary N) is 1. The first-order chi connectivity index (χ1) is 4.64. The van der Waals surface area contributed by atoms with E-state index in [-0.39, 0.29) is 12.4 Å². The highest BCUT2D eigenvalue weighted by molar-refractivity contribution is 6.78. The molecule has 1 fully saturated rings. The zero-order chi connectivity index (χ0) is 7.61. The van der Waals surface area contributed by atoms with Crippen molar-refractivity contribution >= 4 is 20.5 Å². The van der Waals surface area contributed by atoms with Crippen LogP contribution in [0.2, 0.25) is 25.2 Å². The van der Waals surface area contributed by atoms with Crippen LogP contribution in [-0.4, -0.2) is 14.6 Å². The van der Waals surface area contributed by atoms with Crippen LogP contribution in [0.3, 0.4) is 0 Å². The Morgan fingerprint density at radius 1 is 1.45 bits per heavy atom. The average Bonchev–Trinajstić information content (AvgIpc) is 2.12. The molecule has 3 heteroatoms. The van der Waals surface area contributed by atoms with Crippen LogP contribution in [0.15, 0.2) is 0 Å². The molecular weight excluding hydrogens is 174 g/mol. The number of hydrogen-bond donors (Lipinski definition) is 1. The quantitative estimate of drug-likeness (QED) is 0.671. The summed E-state index contributed by atoms with van der Waals surface area (Å²) in [5.41, 5.74) is 5.51. The molecule has 0 aromatic rings. The molecule has 1 atom stereocenters. The fraction of sp³-hybridized carbons (Fsp3) is 1.00. The van der Waals surface area contributed by atoms with Crippen molar-refractivity contribution in [2.24, 2.45) is 11.7 Å². The number of hydrogen-bond acceptors (Lipinski definition) is 1. The Morgan fingerprint density at radius 3 is 2.45 bits per heavy atom. The van der Waals surface area contributed by atoms with Crippen molar-refractivity contribution < 1.29 is 0 Å². The molecule has 0 aromatic heterocycles. The van der Waals surface area contributed by atoms with E-state index < -0.39 is 8.07 Å². The molecule has 1 aliphatic rings. The standard InChI is InChI=1S/C8H19NSi.ClH/c1-10(2)6-4-8(7-10)3-5-9;/h8H,3-7,9H2,1-2H3;1H. The first kappa shape index (κ1) is 11.5. The predicted octanol–water partition coefficient (Wildman–Crippen LogP) is 2.49. The molecule has 1 aliphatic heterocycles. The highest BCUT2D eigenvalue weighted by atomic mass is 35.5. The van der Waals surface area contributed by atoms with Crippen LogP contribution in [0, 0.1) is 5.92 Å². The minimum atomic E-state index is -0.696. The molecule has 68 valence electrons. The summed E-state index contributed by atoms with van der Waals surface area (Å²) in [6.07, 6.45) is 2.74. The van der Waals surface area contributed by atoms with Gasteiger partial charge in [-0.1, -0.05) is 31.6 Å². The summed E-state index contributed by atoms with van der Waals surface area (Å²) in [7, 11) is -0.696. The van der Waals surface area contributed by atoms with E-state index in [4.69, 9.17) is 5.73 Å². The van der Waals surface area contributed by atoms with Crippen molar-refractivity contribution in [1.82, 2.24) is 0 Å². The Kier molecular flexibility index (Phi) is 4.67. The van der Waals surface area contributed by atoms with Gasteiger partial charge in [0.15, 0.2) is 0 Å². The molecule has 1 saturated heterocycles. The van der Waals surface area contributed by atoms with Crippen molar-refractivity contribution in [3.8, 4) is 0 Å². The molecule has 0 spiro atoms. The smallest absolute Gasteiger partial charge is 0.0476 e. The highest BCUT2D eigenvalue weighted by Gasteiger charge is 2.31. The zero-order valence-electron chi connectivity index (χ0n) is 7.60. The fourth-order valence-electron chi connectivity index (χ4n) is 2.06. The third-order valence-corrected chi connectivity index (χ3v) is 5.97. The maximum absolute atomic E-state index is 5.51. The summed E-state index contributed by atoms with van der Waals surface area (Å²) in [6.45, 7) is 5.90. The van der Waals surface area contributed by atoms with Crippen molar-refractivity contribution in [1.29, 1.82) is 0 Å². The topological polar surface area (TPSA) is 26.0 Å². The van der Waals surface area contributed by atoms with Gasteiger partial charge in [-0.05, 0) is 18.9 Å². The first-order valence-corrected chi connectivity index (χ1v) is 7.75. The van der Waals surface area contributed by atoms with Gasteiger partial charge in [-0.25, -0.2) is 0 Å². The molecule has 0 aliphatic carbocycles. The summed E-state index contributed by atoms with van der Waals surface area (Å²) in [4.78, 5) is 0. The lowest BCUT2D eigenvalue weighted by Gasteiger charge is -2.13. The van der Waals surface area contributed by atoms with Gasteiger partial charge in [0.2, 0.25) is 0 Å². The molecule has 0 saturated carbocycles. The van der Waals surface area contributed by atoms with Gasteiger partial charge < -0.3 is 5.73 Å². The van der Waals surface area contributed by atoms with E-state index in [1.807, 2.05) is 0 Å². The van der Waals surface area contributed by atoms with E-state index in [0.717, 1.165) is 12.5 Å². The van der Waals surface area contributed by atoms with Gasteiger partial charge in [-0.15, -0.1) is 12.4 Å². The van der Waals surface area contributed by atoms with E-state index in [1.54, 1.807) is 0 Å².